The van der Waals surface area contributed by atoms with E-state index in [1.54, 1.807) is 36.4 Å². The maximum absolute atomic E-state index is 14.6. The van der Waals surface area contributed by atoms with E-state index >= 15 is 0 Å². The molecule has 4 aliphatic rings. The molecular weight excluding hydrogens is 809 g/mol. The predicted octanol–water partition coefficient (Wildman–Crippen LogP) is 5.68. The van der Waals surface area contributed by atoms with Gasteiger partial charge in [-0.3, -0.25) is 9.59 Å². The fraction of sp³-hybridized carbons (Fsp3) is 0.417. The minimum atomic E-state index is -1.50. The Morgan fingerprint density at radius 2 is 1.14 bits per heavy atom. The largest absolute Gasteiger partial charge is 0.476 e. The quantitative estimate of drug-likeness (QED) is 0.137. The van der Waals surface area contributed by atoms with E-state index in [9.17, 15) is 9.59 Å². The van der Waals surface area contributed by atoms with Crippen molar-refractivity contribution in [3.8, 4) is 11.5 Å². The van der Waals surface area contributed by atoms with E-state index in [0.29, 0.717) is 75.0 Å². The van der Waals surface area contributed by atoms with Crippen LogP contribution < -0.4 is 35.2 Å². The van der Waals surface area contributed by atoms with Crippen molar-refractivity contribution in [3.63, 3.8) is 0 Å². The van der Waals surface area contributed by atoms with Gasteiger partial charge in [-0.05, 0) is 121 Å². The number of aromatic nitrogens is 6. The molecule has 4 unspecified atom stereocenters. The highest BCUT2D eigenvalue weighted by atomic mass is 16.6. The number of hydrogen-bond acceptors (Lipinski definition) is 14. The molecule has 16 heteroatoms. The number of pyridine rings is 2. The zero-order valence-corrected chi connectivity index (χ0v) is 36.8. The van der Waals surface area contributed by atoms with Crippen LogP contribution >= 0.6 is 0 Å². The summed E-state index contributed by atoms with van der Waals surface area (Å²) >= 11 is 0. The molecule has 4 fully saturated rings. The number of likely N-dealkylation sites (tertiary alicyclic amines) is 1. The van der Waals surface area contributed by atoms with Crippen LogP contribution in [-0.4, -0.2) is 116 Å². The van der Waals surface area contributed by atoms with Gasteiger partial charge in [0.2, 0.25) is 24.1 Å². The second kappa shape index (κ2) is 17.6. The zero-order chi connectivity index (χ0) is 43.9. The number of rotatable bonds is 12. The second-order valence-corrected chi connectivity index (χ2v) is 17.6. The van der Waals surface area contributed by atoms with Crippen molar-refractivity contribution < 1.29 is 19.1 Å². The van der Waals surface area contributed by atoms with Crippen LogP contribution in [0.5, 0.6) is 11.5 Å². The Morgan fingerprint density at radius 3 is 1.64 bits per heavy atom. The van der Waals surface area contributed by atoms with Crippen LogP contribution in [0.3, 0.4) is 0 Å². The SMILES string of the molecule is Cc1ccc(OC(C(=O)Nc2ccc3nc(N4CCC(N5CCCC5)CC4)nc(C)c3n2)C(Oc2ccc(C)cc2)C(=O)Nc2ccc3nc(N4CC5CC4CN5)nc(C)c3n2)cc1. The van der Waals surface area contributed by atoms with Crippen LogP contribution in [0, 0.1) is 27.7 Å². The summed E-state index contributed by atoms with van der Waals surface area (Å²) in [7, 11) is 0. The van der Waals surface area contributed by atoms with Crippen LogP contribution in [0.1, 0.15) is 54.6 Å². The molecule has 16 nitrogen and oxygen atoms in total. The first-order chi connectivity index (χ1) is 31.1. The number of nitrogens with zero attached hydrogens (tertiary/aromatic N) is 9. The van der Waals surface area contributed by atoms with Gasteiger partial charge in [-0.25, -0.2) is 29.9 Å². The number of anilines is 4. The summed E-state index contributed by atoms with van der Waals surface area (Å²) < 4.78 is 12.8. The van der Waals surface area contributed by atoms with Gasteiger partial charge in [-0.2, -0.15) is 0 Å². The fourth-order valence-corrected chi connectivity index (χ4v) is 9.47. The van der Waals surface area contributed by atoms with Crippen molar-refractivity contribution in [2.24, 2.45) is 0 Å². The van der Waals surface area contributed by atoms with Gasteiger partial charge >= 0.3 is 0 Å². The molecule has 3 N–H and O–H groups in total. The van der Waals surface area contributed by atoms with Crippen molar-refractivity contribution in [2.75, 3.05) is 59.7 Å². The molecule has 6 aromatic rings. The standard InChI is InChI=1S/C48H54N12O4/c1-28-7-11-35(12-8-28)63-43(45(61)56-39-17-15-37-41(54-39)30(3)50-47(52-37)59-23-19-33(20-24-59)58-21-5-6-22-58)44(64-36-13-9-29(2)10-14-36)46(62)57-40-18-16-38-42(55-40)31(4)51-48(53-38)60-27-32-25-34(60)26-49-32/h7-18,32-34,43-44,49H,5-6,19-27H2,1-4H3,(H,54,56,61)(H,55,57,62). The summed E-state index contributed by atoms with van der Waals surface area (Å²) in [5.41, 5.74) is 5.86. The van der Waals surface area contributed by atoms with Gasteiger partial charge in [0.25, 0.3) is 11.8 Å². The summed E-state index contributed by atoms with van der Waals surface area (Å²) in [6.45, 7) is 13.7. The van der Waals surface area contributed by atoms with Gasteiger partial charge in [0.1, 0.15) is 34.2 Å². The average Bonchev–Trinajstić information content (AvgIpc) is 4.10. The normalized spacial score (nSPS) is 19.9. The number of carbonyl (C=O) groups is 2. The van der Waals surface area contributed by atoms with E-state index in [0.717, 1.165) is 56.6 Å². The zero-order valence-electron chi connectivity index (χ0n) is 36.8. The second-order valence-electron chi connectivity index (χ2n) is 17.6. The van der Waals surface area contributed by atoms with E-state index in [4.69, 9.17) is 39.4 Å². The first-order valence-corrected chi connectivity index (χ1v) is 22.5. The number of carbonyl (C=O) groups excluding carboxylic acids is 2. The third kappa shape index (κ3) is 8.71. The summed E-state index contributed by atoms with van der Waals surface area (Å²) in [5.74, 6) is 1.32. The monoisotopic (exact) mass is 862 g/mol. The molecule has 10 rings (SSSR count). The summed E-state index contributed by atoms with van der Waals surface area (Å²) in [5, 5.41) is 9.36. The Labute approximate surface area is 372 Å². The number of nitrogens with one attached hydrogen (secondary N) is 3. The number of benzene rings is 2. The first-order valence-electron chi connectivity index (χ1n) is 22.5. The minimum absolute atomic E-state index is 0.246. The van der Waals surface area contributed by atoms with E-state index in [1.165, 1.54) is 25.9 Å². The highest BCUT2D eigenvalue weighted by Crippen LogP contribution is 2.30. The first kappa shape index (κ1) is 41.5. The summed E-state index contributed by atoms with van der Waals surface area (Å²) in [4.78, 5) is 65.4. The number of piperidine rings is 1. The Morgan fingerprint density at radius 1 is 0.625 bits per heavy atom. The highest BCUT2D eigenvalue weighted by molar-refractivity contribution is 6.03. The molecule has 0 saturated carbocycles. The molecule has 64 heavy (non-hydrogen) atoms. The van der Waals surface area contributed by atoms with Gasteiger partial charge < -0.3 is 40.1 Å². The smallest absolute Gasteiger partial charge is 0.271 e. The third-order valence-electron chi connectivity index (χ3n) is 13.0. The molecule has 2 amide bonds. The molecule has 0 radical (unpaired) electrons. The van der Waals surface area contributed by atoms with Crippen LogP contribution in [-0.2, 0) is 9.59 Å². The number of amides is 2. The van der Waals surface area contributed by atoms with Gasteiger partial charge in [0.15, 0.2) is 0 Å². The van der Waals surface area contributed by atoms with Crippen LogP contribution in [0.2, 0.25) is 0 Å². The molecule has 330 valence electrons. The Bertz CT molecular complexity index is 2690. The molecule has 0 spiro atoms. The van der Waals surface area contributed by atoms with Gasteiger partial charge in [-0.15, -0.1) is 0 Å². The topological polar surface area (TPSA) is 176 Å². The minimum Gasteiger partial charge on any atom is -0.476 e. The predicted molar refractivity (Wildman–Crippen MR) is 246 cm³/mol. The van der Waals surface area contributed by atoms with Crippen LogP contribution in [0.4, 0.5) is 23.5 Å². The van der Waals surface area contributed by atoms with Crippen molar-refractivity contribution in [2.45, 2.75) is 90.1 Å². The molecule has 4 atom stereocenters. The number of ether oxygens (including phenoxy) is 2. The van der Waals surface area contributed by atoms with Crippen molar-refractivity contribution in [1.82, 2.24) is 40.1 Å². The molecular formula is C48H54N12O4. The van der Waals surface area contributed by atoms with Gasteiger partial charge in [0, 0.05) is 44.3 Å². The Kier molecular flexibility index (Phi) is 11.4. The van der Waals surface area contributed by atoms with Crippen molar-refractivity contribution in [1.29, 1.82) is 0 Å². The number of aryl methyl sites for hydroxylation is 4. The lowest BCUT2D eigenvalue weighted by Gasteiger charge is -2.36. The third-order valence-corrected chi connectivity index (χ3v) is 13.0. The molecule has 4 aromatic heterocycles. The van der Waals surface area contributed by atoms with Crippen molar-refractivity contribution in [3.05, 3.63) is 95.3 Å². The summed E-state index contributed by atoms with van der Waals surface area (Å²) in [6.07, 6.45) is 2.85. The van der Waals surface area contributed by atoms with E-state index < -0.39 is 24.0 Å². The number of piperazine rings is 1. The lowest BCUT2D eigenvalue weighted by atomic mass is 10.0. The molecule has 4 saturated heterocycles. The van der Waals surface area contributed by atoms with E-state index in [-0.39, 0.29) is 11.6 Å². The molecule has 2 aromatic carbocycles. The maximum atomic E-state index is 14.6. The van der Waals surface area contributed by atoms with Gasteiger partial charge in [-0.1, -0.05) is 35.4 Å². The van der Waals surface area contributed by atoms with Crippen LogP contribution in [0.15, 0.2) is 72.8 Å². The molecule has 4 aliphatic heterocycles. The highest BCUT2D eigenvalue weighted by Gasteiger charge is 2.40. The van der Waals surface area contributed by atoms with Crippen LogP contribution in [0.25, 0.3) is 22.1 Å². The van der Waals surface area contributed by atoms with Crippen molar-refractivity contribution >= 4 is 57.4 Å². The maximum Gasteiger partial charge on any atom is 0.271 e. The lowest BCUT2D eigenvalue weighted by Crippen LogP contribution is -2.51. The fourth-order valence-electron chi connectivity index (χ4n) is 9.47. The summed E-state index contributed by atoms with van der Waals surface area (Å²) in [6, 6.07) is 23.0. The Balaban J connectivity index is 0.919. The lowest BCUT2D eigenvalue weighted by molar-refractivity contribution is -0.136. The van der Waals surface area contributed by atoms with Gasteiger partial charge in [0.05, 0.1) is 22.4 Å². The van der Waals surface area contributed by atoms with E-state index in [2.05, 4.69) is 30.7 Å². The number of fused-ring (bicyclic) bond motifs is 4. The Hall–Kier alpha value is -6.52. The molecule has 0 aliphatic carbocycles. The average molecular weight is 863 g/mol. The number of hydrogen-bond donors (Lipinski definition) is 3. The molecule has 2 bridgehead atoms. The molecule has 8 heterocycles. The van der Waals surface area contributed by atoms with E-state index in [1.807, 2.05) is 64.1 Å².